The second-order valence-corrected chi connectivity index (χ2v) is 3.84. The van der Waals surface area contributed by atoms with Crippen LogP contribution in [-0.4, -0.2) is 26.3 Å². The molecule has 0 radical (unpaired) electrons. The maximum atomic E-state index is 11.3. The van der Waals surface area contributed by atoms with Crippen LogP contribution < -0.4 is 21.5 Å². The number of methoxy groups -OCH3 is 1. The normalized spacial score (nSPS) is 18.6. The molecule has 2 rings (SSSR count). The van der Waals surface area contributed by atoms with E-state index in [-0.39, 0.29) is 11.8 Å². The van der Waals surface area contributed by atoms with Crippen molar-refractivity contribution >= 4 is 11.4 Å². The summed E-state index contributed by atoms with van der Waals surface area (Å²) in [6.45, 7) is 1.46. The van der Waals surface area contributed by atoms with Crippen LogP contribution in [0.25, 0.3) is 0 Å². The van der Waals surface area contributed by atoms with Gasteiger partial charge in [0.05, 0.1) is 6.10 Å². The predicted octanol–water partition coefficient (Wildman–Crippen LogP) is -0.520. The average molecular weight is 210 g/mol. The first-order chi connectivity index (χ1) is 7.15. The molecule has 1 saturated heterocycles. The Morgan fingerprint density at radius 2 is 1.87 bits per heavy atom. The highest BCUT2D eigenvalue weighted by molar-refractivity contribution is 5.72. The highest BCUT2D eigenvalue weighted by Gasteiger charge is 2.27. The molecule has 1 fully saturated rings. The second-order valence-electron chi connectivity index (χ2n) is 3.84. The Labute approximate surface area is 87.1 Å². The fraction of sp³-hybridized carbons (Fsp3) is 0.600. The standard InChI is InChI=1S/C10H14N2O3/c1-15-6-2-4-12(5-3-6)8-7(11)9(13)10(8)14/h6H,2-5,11H2,1H3. The SMILES string of the molecule is COC1CCN(c2c(N)c(=O)c2=O)CC1. The molecule has 5 heteroatoms. The average Bonchev–Trinajstić information content (AvgIpc) is 2.30. The van der Waals surface area contributed by atoms with Crippen LogP contribution in [0.2, 0.25) is 0 Å². The Kier molecular flexibility index (Phi) is 2.48. The molecule has 0 atom stereocenters. The third kappa shape index (κ3) is 1.52. The lowest BCUT2D eigenvalue weighted by molar-refractivity contribution is 0.0819. The Hall–Kier alpha value is -1.36. The molecule has 0 aromatic heterocycles. The molecule has 15 heavy (non-hydrogen) atoms. The number of anilines is 2. The summed E-state index contributed by atoms with van der Waals surface area (Å²) in [6, 6.07) is 0. The Balaban J connectivity index is 2.09. The van der Waals surface area contributed by atoms with Crippen molar-refractivity contribution < 1.29 is 4.74 Å². The molecule has 1 heterocycles. The van der Waals surface area contributed by atoms with Gasteiger partial charge in [0.15, 0.2) is 0 Å². The molecular weight excluding hydrogens is 196 g/mol. The molecule has 0 spiro atoms. The van der Waals surface area contributed by atoms with Crippen LogP contribution in [0.5, 0.6) is 0 Å². The minimum absolute atomic E-state index is 0.121. The molecule has 0 bridgehead atoms. The molecule has 0 saturated carbocycles. The van der Waals surface area contributed by atoms with Gasteiger partial charge < -0.3 is 15.4 Å². The molecule has 1 aliphatic rings. The van der Waals surface area contributed by atoms with Gasteiger partial charge >= 0.3 is 0 Å². The summed E-state index contributed by atoms with van der Waals surface area (Å²) in [5.41, 5.74) is 5.04. The zero-order chi connectivity index (χ0) is 11.0. The highest BCUT2D eigenvalue weighted by atomic mass is 16.5. The molecule has 82 valence electrons. The molecule has 0 aliphatic carbocycles. The number of rotatable bonds is 2. The van der Waals surface area contributed by atoms with Crippen molar-refractivity contribution in [2.24, 2.45) is 0 Å². The lowest BCUT2D eigenvalue weighted by Crippen LogP contribution is -2.46. The van der Waals surface area contributed by atoms with E-state index in [2.05, 4.69) is 0 Å². The fourth-order valence-corrected chi connectivity index (χ4v) is 2.03. The van der Waals surface area contributed by atoms with Crippen LogP contribution in [0.1, 0.15) is 12.8 Å². The first-order valence-electron chi connectivity index (χ1n) is 5.01. The topological polar surface area (TPSA) is 72.6 Å². The lowest BCUT2D eigenvalue weighted by atomic mass is 10.0. The Morgan fingerprint density at radius 3 is 2.33 bits per heavy atom. The van der Waals surface area contributed by atoms with E-state index in [0.717, 1.165) is 25.9 Å². The molecule has 1 aromatic rings. The molecule has 1 aliphatic heterocycles. The zero-order valence-corrected chi connectivity index (χ0v) is 8.66. The van der Waals surface area contributed by atoms with E-state index >= 15 is 0 Å². The van der Waals surface area contributed by atoms with Crippen LogP contribution in [0.3, 0.4) is 0 Å². The van der Waals surface area contributed by atoms with Crippen molar-refractivity contribution in [1.29, 1.82) is 0 Å². The number of ether oxygens (including phenoxy) is 1. The number of hydrogen-bond acceptors (Lipinski definition) is 5. The number of nitrogens with zero attached hydrogens (tertiary/aromatic N) is 1. The van der Waals surface area contributed by atoms with Gasteiger partial charge in [-0.25, -0.2) is 0 Å². The summed E-state index contributed by atoms with van der Waals surface area (Å²) in [5, 5.41) is 0. The third-order valence-electron chi connectivity index (χ3n) is 3.01. The van der Waals surface area contributed by atoms with Crippen molar-refractivity contribution in [2.45, 2.75) is 18.9 Å². The fourth-order valence-electron chi connectivity index (χ4n) is 2.03. The van der Waals surface area contributed by atoms with Gasteiger partial charge in [-0.15, -0.1) is 0 Å². The number of nitrogens with two attached hydrogens (primary N) is 1. The molecular formula is C10H14N2O3. The first kappa shape index (κ1) is 10.2. The summed E-state index contributed by atoms with van der Waals surface area (Å²) in [4.78, 5) is 24.1. The summed E-state index contributed by atoms with van der Waals surface area (Å²) >= 11 is 0. The highest BCUT2D eigenvalue weighted by Crippen LogP contribution is 2.22. The van der Waals surface area contributed by atoms with E-state index in [9.17, 15) is 9.59 Å². The molecule has 5 nitrogen and oxygen atoms in total. The van der Waals surface area contributed by atoms with E-state index < -0.39 is 10.9 Å². The van der Waals surface area contributed by atoms with Crippen LogP contribution in [0.4, 0.5) is 11.4 Å². The second kappa shape index (κ2) is 3.66. The lowest BCUT2D eigenvalue weighted by Gasteiger charge is -2.33. The van der Waals surface area contributed by atoms with Crippen LogP contribution in [0, 0.1) is 0 Å². The van der Waals surface area contributed by atoms with Crippen molar-refractivity contribution in [2.75, 3.05) is 30.8 Å². The molecule has 0 unspecified atom stereocenters. The zero-order valence-electron chi connectivity index (χ0n) is 8.66. The number of hydrogen-bond donors (Lipinski definition) is 1. The summed E-state index contributed by atoms with van der Waals surface area (Å²) < 4.78 is 5.22. The van der Waals surface area contributed by atoms with E-state index in [0.29, 0.717) is 5.69 Å². The monoisotopic (exact) mass is 210 g/mol. The van der Waals surface area contributed by atoms with Gasteiger partial charge in [-0.2, -0.15) is 0 Å². The van der Waals surface area contributed by atoms with Crippen molar-refractivity contribution in [3.05, 3.63) is 20.4 Å². The van der Waals surface area contributed by atoms with E-state index in [1.54, 1.807) is 7.11 Å². The van der Waals surface area contributed by atoms with E-state index in [1.807, 2.05) is 4.90 Å². The molecule has 1 aromatic carbocycles. The van der Waals surface area contributed by atoms with Gasteiger partial charge in [-0.05, 0) is 12.8 Å². The number of piperidine rings is 1. The van der Waals surface area contributed by atoms with E-state index in [4.69, 9.17) is 10.5 Å². The smallest absolute Gasteiger partial charge is 0.253 e. The minimum atomic E-state index is -0.543. The summed E-state index contributed by atoms with van der Waals surface area (Å²) in [5.74, 6) is 0. The van der Waals surface area contributed by atoms with Crippen molar-refractivity contribution in [3.8, 4) is 0 Å². The largest absolute Gasteiger partial charge is 0.394 e. The number of nitrogen functional groups attached to an aromatic ring is 1. The van der Waals surface area contributed by atoms with Crippen molar-refractivity contribution in [1.82, 2.24) is 0 Å². The quantitative estimate of drug-likeness (QED) is 0.665. The van der Waals surface area contributed by atoms with Gasteiger partial charge in [-0.3, -0.25) is 9.59 Å². The molecule has 0 amide bonds. The van der Waals surface area contributed by atoms with Crippen LogP contribution in [0.15, 0.2) is 9.59 Å². The van der Waals surface area contributed by atoms with Gasteiger partial charge in [0.1, 0.15) is 11.4 Å². The van der Waals surface area contributed by atoms with Crippen LogP contribution >= 0.6 is 0 Å². The van der Waals surface area contributed by atoms with Gasteiger partial charge in [0, 0.05) is 20.2 Å². The maximum Gasteiger partial charge on any atom is 0.253 e. The minimum Gasteiger partial charge on any atom is -0.394 e. The first-order valence-corrected chi connectivity index (χ1v) is 5.01. The Bertz CT molecular complexity index is 426. The third-order valence-corrected chi connectivity index (χ3v) is 3.01. The molecule has 2 N–H and O–H groups in total. The van der Waals surface area contributed by atoms with Crippen molar-refractivity contribution in [3.63, 3.8) is 0 Å². The Morgan fingerprint density at radius 1 is 1.27 bits per heavy atom. The van der Waals surface area contributed by atoms with Gasteiger partial charge in [0.25, 0.3) is 10.9 Å². The maximum absolute atomic E-state index is 11.3. The van der Waals surface area contributed by atoms with Crippen LogP contribution in [-0.2, 0) is 4.74 Å². The predicted molar refractivity (Wildman–Crippen MR) is 58.0 cm³/mol. The van der Waals surface area contributed by atoms with Gasteiger partial charge in [0.2, 0.25) is 0 Å². The summed E-state index contributed by atoms with van der Waals surface area (Å²) in [7, 11) is 1.69. The van der Waals surface area contributed by atoms with Gasteiger partial charge in [-0.1, -0.05) is 0 Å². The summed E-state index contributed by atoms with van der Waals surface area (Å²) in [6.07, 6.45) is 2.00. The van der Waals surface area contributed by atoms with E-state index in [1.165, 1.54) is 0 Å².